The molecular weight excluding hydrogens is 356 g/mol. The van der Waals surface area contributed by atoms with Gasteiger partial charge >= 0.3 is 0 Å². The standard InChI is InChI=1S/C22H28N2O4/c1-5-11-27-20-10-8-18(13-21(20)26-6-2)14-23-28-15-22(25)24-19-9-7-16(3)12-17(19)4/h7-10,12-14H,5-6,11,15H2,1-4H3,(H,24,25)/b23-14+. The average molecular weight is 384 g/mol. The lowest BCUT2D eigenvalue weighted by atomic mass is 10.1. The first-order chi connectivity index (χ1) is 13.5. The van der Waals surface area contributed by atoms with Gasteiger partial charge in [0.25, 0.3) is 5.91 Å². The zero-order valence-corrected chi connectivity index (χ0v) is 17.0. The summed E-state index contributed by atoms with van der Waals surface area (Å²) in [5.74, 6) is 1.10. The molecule has 0 aromatic heterocycles. The van der Waals surface area contributed by atoms with E-state index in [0.29, 0.717) is 24.7 Å². The monoisotopic (exact) mass is 384 g/mol. The quantitative estimate of drug-likeness (QED) is 0.484. The molecule has 1 amide bonds. The van der Waals surface area contributed by atoms with E-state index in [-0.39, 0.29) is 12.5 Å². The van der Waals surface area contributed by atoms with Crippen molar-refractivity contribution in [1.82, 2.24) is 0 Å². The first kappa shape index (κ1) is 21.3. The Labute approximate surface area is 166 Å². The third-order valence-electron chi connectivity index (χ3n) is 3.86. The Morgan fingerprint density at radius 1 is 1.07 bits per heavy atom. The number of hydrogen-bond acceptors (Lipinski definition) is 5. The number of rotatable bonds is 10. The van der Waals surface area contributed by atoms with Gasteiger partial charge in [-0.2, -0.15) is 0 Å². The number of carbonyl (C=O) groups excluding carboxylic acids is 1. The second-order valence-electron chi connectivity index (χ2n) is 6.36. The Morgan fingerprint density at radius 2 is 1.89 bits per heavy atom. The van der Waals surface area contributed by atoms with Crippen molar-refractivity contribution in [2.75, 3.05) is 25.1 Å². The molecule has 0 aliphatic carbocycles. The van der Waals surface area contributed by atoms with Crippen LogP contribution < -0.4 is 14.8 Å². The van der Waals surface area contributed by atoms with Crippen LogP contribution in [0.3, 0.4) is 0 Å². The fourth-order valence-corrected chi connectivity index (χ4v) is 2.54. The minimum absolute atomic E-state index is 0.167. The summed E-state index contributed by atoms with van der Waals surface area (Å²) in [4.78, 5) is 17.1. The normalized spacial score (nSPS) is 10.7. The van der Waals surface area contributed by atoms with E-state index in [1.165, 1.54) is 6.21 Å². The maximum Gasteiger partial charge on any atom is 0.265 e. The van der Waals surface area contributed by atoms with Gasteiger partial charge in [0.1, 0.15) is 0 Å². The van der Waals surface area contributed by atoms with Gasteiger partial charge in [-0.05, 0) is 57.0 Å². The molecule has 6 heteroatoms. The molecule has 2 rings (SSSR count). The summed E-state index contributed by atoms with van der Waals surface area (Å²) >= 11 is 0. The van der Waals surface area contributed by atoms with Crippen molar-refractivity contribution in [3.8, 4) is 11.5 Å². The van der Waals surface area contributed by atoms with Gasteiger partial charge in [-0.3, -0.25) is 4.79 Å². The number of benzene rings is 2. The van der Waals surface area contributed by atoms with Gasteiger partial charge in [-0.15, -0.1) is 0 Å². The molecule has 2 aromatic rings. The van der Waals surface area contributed by atoms with Crippen molar-refractivity contribution in [2.45, 2.75) is 34.1 Å². The number of oxime groups is 1. The molecule has 28 heavy (non-hydrogen) atoms. The SMILES string of the molecule is CCCOc1ccc(/C=N/OCC(=O)Nc2ccc(C)cc2C)cc1OCC. The first-order valence-electron chi connectivity index (χ1n) is 9.45. The highest BCUT2D eigenvalue weighted by Crippen LogP contribution is 2.28. The summed E-state index contributed by atoms with van der Waals surface area (Å²) in [6.07, 6.45) is 2.46. The van der Waals surface area contributed by atoms with Gasteiger partial charge in [0.2, 0.25) is 0 Å². The van der Waals surface area contributed by atoms with Gasteiger partial charge in [-0.25, -0.2) is 0 Å². The molecule has 1 N–H and O–H groups in total. The predicted octanol–water partition coefficient (Wildman–Crippen LogP) is 4.48. The number of nitrogens with one attached hydrogen (secondary N) is 1. The Bertz CT molecular complexity index is 818. The molecule has 0 saturated heterocycles. The Balaban J connectivity index is 1.89. The Hall–Kier alpha value is -3.02. The summed E-state index contributed by atoms with van der Waals surface area (Å²) < 4.78 is 11.3. The van der Waals surface area contributed by atoms with Gasteiger partial charge in [-0.1, -0.05) is 29.8 Å². The van der Waals surface area contributed by atoms with E-state index >= 15 is 0 Å². The van der Waals surface area contributed by atoms with Crippen molar-refractivity contribution < 1.29 is 19.1 Å². The van der Waals surface area contributed by atoms with Gasteiger partial charge < -0.3 is 19.6 Å². The van der Waals surface area contributed by atoms with E-state index in [1.54, 1.807) is 0 Å². The fraction of sp³-hybridized carbons (Fsp3) is 0.364. The molecule has 6 nitrogen and oxygen atoms in total. The molecule has 2 aromatic carbocycles. The lowest BCUT2D eigenvalue weighted by Crippen LogP contribution is -2.17. The first-order valence-corrected chi connectivity index (χ1v) is 9.45. The molecular formula is C22H28N2O4. The molecule has 0 aliphatic rings. The summed E-state index contributed by atoms with van der Waals surface area (Å²) in [6.45, 7) is 8.93. The lowest BCUT2D eigenvalue weighted by molar-refractivity contribution is -0.120. The van der Waals surface area contributed by atoms with Crippen LogP contribution >= 0.6 is 0 Å². The maximum atomic E-state index is 12.0. The highest BCUT2D eigenvalue weighted by Gasteiger charge is 2.07. The fourth-order valence-electron chi connectivity index (χ4n) is 2.54. The maximum absolute atomic E-state index is 12.0. The van der Waals surface area contributed by atoms with Crippen molar-refractivity contribution in [3.05, 3.63) is 53.1 Å². The Kier molecular flexibility index (Phi) is 8.34. The number of ether oxygens (including phenoxy) is 2. The number of amides is 1. The second kappa shape index (κ2) is 11.0. The van der Waals surface area contributed by atoms with Gasteiger partial charge in [0.15, 0.2) is 18.1 Å². The van der Waals surface area contributed by atoms with Crippen LogP contribution in [0.15, 0.2) is 41.6 Å². The zero-order valence-electron chi connectivity index (χ0n) is 17.0. The number of nitrogens with zero attached hydrogens (tertiary/aromatic N) is 1. The van der Waals surface area contributed by atoms with Crippen LogP contribution in [-0.2, 0) is 9.63 Å². The van der Waals surface area contributed by atoms with Crippen molar-refractivity contribution in [3.63, 3.8) is 0 Å². The molecule has 0 atom stereocenters. The molecule has 150 valence electrons. The van der Waals surface area contributed by atoms with Gasteiger partial charge in [0.05, 0.1) is 19.4 Å². The van der Waals surface area contributed by atoms with Crippen LogP contribution in [0.2, 0.25) is 0 Å². The average Bonchev–Trinajstić information content (AvgIpc) is 2.67. The molecule has 0 heterocycles. The number of carbonyl (C=O) groups is 1. The smallest absolute Gasteiger partial charge is 0.265 e. The molecule has 0 fully saturated rings. The third-order valence-corrected chi connectivity index (χ3v) is 3.86. The van der Waals surface area contributed by atoms with E-state index in [1.807, 2.05) is 57.2 Å². The van der Waals surface area contributed by atoms with Crippen LogP contribution in [0.1, 0.15) is 37.0 Å². The van der Waals surface area contributed by atoms with Crippen molar-refractivity contribution >= 4 is 17.8 Å². The highest BCUT2D eigenvalue weighted by molar-refractivity contribution is 5.92. The summed E-state index contributed by atoms with van der Waals surface area (Å²) in [7, 11) is 0. The third kappa shape index (κ3) is 6.61. The van der Waals surface area contributed by atoms with E-state index in [9.17, 15) is 4.79 Å². The van der Waals surface area contributed by atoms with Crippen molar-refractivity contribution in [1.29, 1.82) is 0 Å². The van der Waals surface area contributed by atoms with Gasteiger partial charge in [0, 0.05) is 11.3 Å². The van der Waals surface area contributed by atoms with E-state index < -0.39 is 0 Å². The molecule has 0 radical (unpaired) electrons. The lowest BCUT2D eigenvalue weighted by Gasteiger charge is -2.11. The topological polar surface area (TPSA) is 69.2 Å². The van der Waals surface area contributed by atoms with Crippen LogP contribution in [-0.4, -0.2) is 31.9 Å². The van der Waals surface area contributed by atoms with E-state index in [0.717, 1.165) is 28.8 Å². The highest BCUT2D eigenvalue weighted by atomic mass is 16.6. The summed E-state index contributed by atoms with van der Waals surface area (Å²) in [5, 5.41) is 6.69. The zero-order chi connectivity index (χ0) is 20.4. The van der Waals surface area contributed by atoms with E-state index in [2.05, 4.69) is 17.4 Å². The molecule has 0 unspecified atom stereocenters. The number of hydrogen-bond donors (Lipinski definition) is 1. The summed E-state index contributed by atoms with van der Waals surface area (Å²) in [5.41, 5.74) is 3.72. The second-order valence-corrected chi connectivity index (χ2v) is 6.36. The minimum Gasteiger partial charge on any atom is -0.490 e. The molecule has 0 aliphatic heterocycles. The molecule has 0 saturated carbocycles. The number of anilines is 1. The molecule has 0 bridgehead atoms. The Morgan fingerprint density at radius 3 is 2.61 bits per heavy atom. The molecule has 0 spiro atoms. The van der Waals surface area contributed by atoms with Crippen molar-refractivity contribution in [2.24, 2.45) is 5.16 Å². The van der Waals surface area contributed by atoms with Crippen LogP contribution in [0, 0.1) is 13.8 Å². The largest absolute Gasteiger partial charge is 0.490 e. The van der Waals surface area contributed by atoms with Crippen LogP contribution in [0.25, 0.3) is 0 Å². The predicted molar refractivity (Wildman–Crippen MR) is 111 cm³/mol. The minimum atomic E-state index is -0.262. The summed E-state index contributed by atoms with van der Waals surface area (Å²) in [6, 6.07) is 11.4. The van der Waals surface area contributed by atoms with Crippen LogP contribution in [0.5, 0.6) is 11.5 Å². The van der Waals surface area contributed by atoms with Crippen LogP contribution in [0.4, 0.5) is 5.69 Å². The van der Waals surface area contributed by atoms with E-state index in [4.69, 9.17) is 14.3 Å². The number of aryl methyl sites for hydroxylation is 2.